The lowest BCUT2D eigenvalue weighted by Gasteiger charge is -2.01. The van der Waals surface area contributed by atoms with Gasteiger partial charge in [0.15, 0.2) is 0 Å². The Morgan fingerprint density at radius 1 is 1.15 bits per heavy atom. The van der Waals surface area contributed by atoms with Crippen LogP contribution in [0.3, 0.4) is 0 Å². The van der Waals surface area contributed by atoms with Crippen LogP contribution >= 0.6 is 27.7 Å². The van der Waals surface area contributed by atoms with Gasteiger partial charge in [-0.05, 0) is 48.2 Å². The van der Waals surface area contributed by atoms with Crippen molar-refractivity contribution in [1.82, 2.24) is 0 Å². The lowest BCUT2D eigenvalue weighted by atomic mass is 10.0. The van der Waals surface area contributed by atoms with E-state index in [0.29, 0.717) is 5.57 Å². The van der Waals surface area contributed by atoms with Crippen LogP contribution < -0.4 is 5.32 Å². The normalized spacial score (nSPS) is 15.3. The molecule has 1 aliphatic heterocycles. The topological polar surface area (TPSA) is 29.1 Å². The molecule has 1 heterocycles. The molecule has 1 N–H and O–H groups in total. The summed E-state index contributed by atoms with van der Waals surface area (Å²) in [5.41, 5.74) is 3.54. The monoisotopic (exact) mass is 345 g/mol. The fourth-order valence-corrected chi connectivity index (χ4v) is 2.94. The van der Waals surface area contributed by atoms with Crippen LogP contribution in [-0.2, 0) is 4.79 Å². The van der Waals surface area contributed by atoms with Gasteiger partial charge in [0, 0.05) is 26.2 Å². The van der Waals surface area contributed by atoms with Gasteiger partial charge < -0.3 is 5.32 Å². The molecule has 0 unspecified atom stereocenters. The van der Waals surface area contributed by atoms with E-state index >= 15 is 0 Å². The fourth-order valence-electron chi connectivity index (χ4n) is 2.17. The minimum Gasteiger partial charge on any atom is -0.321 e. The van der Waals surface area contributed by atoms with E-state index in [4.69, 9.17) is 0 Å². The van der Waals surface area contributed by atoms with E-state index in [1.54, 1.807) is 11.8 Å². The van der Waals surface area contributed by atoms with Crippen molar-refractivity contribution >= 4 is 50.9 Å². The number of carbonyl (C=O) groups excluding carboxylic acids is 1. The summed E-state index contributed by atoms with van der Waals surface area (Å²) >= 11 is 5.15. The van der Waals surface area contributed by atoms with Crippen LogP contribution in [0, 0.1) is 0 Å². The maximum Gasteiger partial charge on any atom is 0.256 e. The minimum atomic E-state index is -0.0490. The summed E-state index contributed by atoms with van der Waals surface area (Å²) in [6.45, 7) is 0. The molecule has 0 radical (unpaired) electrons. The van der Waals surface area contributed by atoms with Gasteiger partial charge in [-0.3, -0.25) is 4.79 Å². The number of hydrogen-bond acceptors (Lipinski definition) is 2. The lowest BCUT2D eigenvalue weighted by Crippen LogP contribution is -2.03. The van der Waals surface area contributed by atoms with Gasteiger partial charge in [0.2, 0.25) is 0 Å². The quantitative estimate of drug-likeness (QED) is 0.633. The summed E-state index contributed by atoms with van der Waals surface area (Å²) in [5, 5.41) is 2.89. The number of anilines is 1. The van der Waals surface area contributed by atoms with Gasteiger partial charge in [0.05, 0.1) is 0 Å². The van der Waals surface area contributed by atoms with Gasteiger partial charge in [-0.15, -0.1) is 11.8 Å². The minimum absolute atomic E-state index is 0.0490. The molecule has 0 atom stereocenters. The van der Waals surface area contributed by atoms with Gasteiger partial charge >= 0.3 is 0 Å². The predicted molar refractivity (Wildman–Crippen MR) is 88.9 cm³/mol. The molecule has 4 heteroatoms. The second-order valence-corrected chi connectivity index (χ2v) is 6.27. The second kappa shape index (κ2) is 5.46. The lowest BCUT2D eigenvalue weighted by molar-refractivity contribution is -0.110. The van der Waals surface area contributed by atoms with Crippen molar-refractivity contribution in [2.24, 2.45) is 0 Å². The molecular formula is C16H12BrNOS. The van der Waals surface area contributed by atoms with E-state index in [1.165, 1.54) is 4.90 Å². The third-order valence-corrected chi connectivity index (χ3v) is 4.43. The second-order valence-electron chi connectivity index (χ2n) is 4.48. The number of carbonyl (C=O) groups is 1. The molecular weight excluding hydrogens is 334 g/mol. The molecule has 0 bridgehead atoms. The van der Waals surface area contributed by atoms with Crippen molar-refractivity contribution in [3.05, 3.63) is 58.1 Å². The highest BCUT2D eigenvalue weighted by molar-refractivity contribution is 9.10. The summed E-state index contributed by atoms with van der Waals surface area (Å²) in [6, 6.07) is 14.0. The zero-order valence-corrected chi connectivity index (χ0v) is 13.2. The fraction of sp³-hybridized carbons (Fsp3) is 0.0625. The number of thioether (sulfide) groups is 1. The molecule has 0 aliphatic carbocycles. The van der Waals surface area contributed by atoms with Crippen LogP contribution in [0.1, 0.15) is 11.1 Å². The van der Waals surface area contributed by atoms with E-state index in [2.05, 4.69) is 33.4 Å². The van der Waals surface area contributed by atoms with Crippen LogP contribution in [0.2, 0.25) is 0 Å². The zero-order chi connectivity index (χ0) is 14.1. The molecule has 1 amide bonds. The van der Waals surface area contributed by atoms with Gasteiger partial charge in [-0.25, -0.2) is 0 Å². The molecule has 1 aliphatic rings. The van der Waals surface area contributed by atoms with Crippen LogP contribution in [0.15, 0.2) is 51.8 Å². The van der Waals surface area contributed by atoms with Gasteiger partial charge in [0.25, 0.3) is 5.91 Å². The maximum atomic E-state index is 12.1. The molecule has 2 aromatic carbocycles. The van der Waals surface area contributed by atoms with Gasteiger partial charge in [0.1, 0.15) is 0 Å². The van der Waals surface area contributed by atoms with Gasteiger partial charge in [-0.2, -0.15) is 0 Å². The standard InChI is InChI=1S/C16H12BrNOS/c1-20-12-5-2-10(3-6-12)8-14-13-9-11(17)4-7-15(13)18-16(14)19/h2-9H,1H3,(H,18,19). The van der Waals surface area contributed by atoms with Crippen molar-refractivity contribution in [2.75, 3.05) is 11.6 Å². The number of halogens is 1. The molecule has 0 saturated heterocycles. The van der Waals surface area contributed by atoms with Gasteiger partial charge in [-0.1, -0.05) is 28.1 Å². The van der Waals surface area contributed by atoms with Crippen molar-refractivity contribution < 1.29 is 4.79 Å². The first-order valence-electron chi connectivity index (χ1n) is 6.14. The molecule has 3 rings (SSSR count). The van der Waals surface area contributed by atoms with Crippen molar-refractivity contribution in [2.45, 2.75) is 4.90 Å². The van der Waals surface area contributed by atoms with Crippen LogP contribution in [0.5, 0.6) is 0 Å². The first-order chi connectivity index (χ1) is 9.67. The molecule has 2 nitrogen and oxygen atoms in total. The van der Waals surface area contributed by atoms with E-state index in [1.807, 2.05) is 42.7 Å². The van der Waals surface area contributed by atoms with Crippen LogP contribution in [0.25, 0.3) is 11.6 Å². The zero-order valence-electron chi connectivity index (χ0n) is 10.8. The number of nitrogens with one attached hydrogen (secondary N) is 1. The number of hydrogen-bond donors (Lipinski definition) is 1. The van der Waals surface area contributed by atoms with E-state index in [-0.39, 0.29) is 5.91 Å². The summed E-state index contributed by atoms with van der Waals surface area (Å²) in [5.74, 6) is -0.0490. The molecule has 100 valence electrons. The van der Waals surface area contributed by atoms with E-state index in [9.17, 15) is 4.79 Å². The Labute approximate surface area is 130 Å². The smallest absolute Gasteiger partial charge is 0.256 e. The molecule has 0 aromatic heterocycles. The number of amides is 1. The van der Waals surface area contributed by atoms with Crippen molar-refractivity contribution in [3.8, 4) is 0 Å². The largest absolute Gasteiger partial charge is 0.321 e. The highest BCUT2D eigenvalue weighted by Crippen LogP contribution is 2.35. The van der Waals surface area contributed by atoms with Crippen molar-refractivity contribution in [3.63, 3.8) is 0 Å². The number of fused-ring (bicyclic) bond motifs is 1. The third kappa shape index (κ3) is 2.53. The van der Waals surface area contributed by atoms with Crippen LogP contribution in [0.4, 0.5) is 5.69 Å². The maximum absolute atomic E-state index is 12.1. The Morgan fingerprint density at radius 2 is 1.90 bits per heavy atom. The number of rotatable bonds is 2. The van der Waals surface area contributed by atoms with Crippen LogP contribution in [-0.4, -0.2) is 12.2 Å². The third-order valence-electron chi connectivity index (χ3n) is 3.19. The van der Waals surface area contributed by atoms with E-state index < -0.39 is 0 Å². The molecule has 2 aromatic rings. The summed E-state index contributed by atoms with van der Waals surface area (Å²) in [7, 11) is 0. The number of benzene rings is 2. The Hall–Kier alpha value is -1.52. The Bertz CT molecular complexity index is 707. The Kier molecular flexibility index (Phi) is 3.68. The first-order valence-corrected chi connectivity index (χ1v) is 8.16. The summed E-state index contributed by atoms with van der Waals surface area (Å²) in [4.78, 5) is 13.3. The SMILES string of the molecule is CSc1ccc(C=C2C(=O)Nc3ccc(Br)cc32)cc1. The van der Waals surface area contributed by atoms with Crippen molar-refractivity contribution in [1.29, 1.82) is 0 Å². The molecule has 0 spiro atoms. The summed E-state index contributed by atoms with van der Waals surface area (Å²) in [6.07, 6.45) is 3.98. The molecule has 20 heavy (non-hydrogen) atoms. The molecule has 0 fully saturated rings. The average Bonchev–Trinajstić information content (AvgIpc) is 2.76. The Balaban J connectivity index is 2.03. The molecule has 0 saturated carbocycles. The highest BCUT2D eigenvalue weighted by atomic mass is 79.9. The Morgan fingerprint density at radius 3 is 2.60 bits per heavy atom. The summed E-state index contributed by atoms with van der Waals surface area (Å²) < 4.78 is 0.969. The average molecular weight is 346 g/mol. The first kappa shape index (κ1) is 13.5. The highest BCUT2D eigenvalue weighted by Gasteiger charge is 2.23. The predicted octanol–water partition coefficient (Wildman–Crippen LogP) is 4.66. The van der Waals surface area contributed by atoms with E-state index in [0.717, 1.165) is 21.3 Å².